The van der Waals surface area contributed by atoms with Gasteiger partial charge in [-0.2, -0.15) is 0 Å². The van der Waals surface area contributed by atoms with Gasteiger partial charge >= 0.3 is 0 Å². The zero-order valence-electron chi connectivity index (χ0n) is 12.9. The fourth-order valence-corrected chi connectivity index (χ4v) is 2.63. The number of primary amides is 1. The SMILES string of the molecule is Cc1c(NN)nc(C(C)C)nc1N1CCCC(C(N)=O)C1. The van der Waals surface area contributed by atoms with Crippen LogP contribution in [0.25, 0.3) is 0 Å². The molecule has 5 N–H and O–H groups in total. The first kappa shape index (κ1) is 15.5. The Morgan fingerprint density at radius 2 is 2.14 bits per heavy atom. The quantitative estimate of drug-likeness (QED) is 0.561. The third kappa shape index (κ3) is 3.24. The fraction of sp³-hybridized carbons (Fsp3) is 0.643. The van der Waals surface area contributed by atoms with E-state index < -0.39 is 0 Å². The molecule has 2 rings (SSSR count). The zero-order chi connectivity index (χ0) is 15.6. The molecule has 1 aromatic heterocycles. The van der Waals surface area contributed by atoms with Gasteiger partial charge in [-0.25, -0.2) is 15.8 Å². The Balaban J connectivity index is 2.37. The zero-order valence-corrected chi connectivity index (χ0v) is 12.9. The van der Waals surface area contributed by atoms with Crippen LogP contribution in [0.3, 0.4) is 0 Å². The van der Waals surface area contributed by atoms with Crippen molar-refractivity contribution in [1.82, 2.24) is 9.97 Å². The molecular formula is C14H24N6O. The van der Waals surface area contributed by atoms with Crippen LogP contribution in [-0.2, 0) is 4.79 Å². The predicted octanol–water partition coefficient (Wildman–Crippen LogP) is 0.896. The molecule has 0 aromatic carbocycles. The maximum atomic E-state index is 11.4. The van der Waals surface area contributed by atoms with E-state index in [4.69, 9.17) is 11.6 Å². The summed E-state index contributed by atoms with van der Waals surface area (Å²) in [4.78, 5) is 22.7. The molecule has 0 saturated carbocycles. The molecule has 1 aliphatic heterocycles. The Kier molecular flexibility index (Phi) is 4.62. The van der Waals surface area contributed by atoms with E-state index in [0.717, 1.165) is 36.6 Å². The predicted molar refractivity (Wildman–Crippen MR) is 82.8 cm³/mol. The molecule has 0 radical (unpaired) electrons. The topological polar surface area (TPSA) is 110 Å². The number of amides is 1. The van der Waals surface area contributed by atoms with Crippen molar-refractivity contribution >= 4 is 17.5 Å². The summed E-state index contributed by atoms with van der Waals surface area (Å²) in [5, 5.41) is 0. The van der Waals surface area contributed by atoms with Crippen LogP contribution in [0.1, 0.15) is 44.0 Å². The van der Waals surface area contributed by atoms with E-state index in [-0.39, 0.29) is 17.7 Å². The lowest BCUT2D eigenvalue weighted by Crippen LogP contribution is -2.42. The van der Waals surface area contributed by atoms with Crippen LogP contribution in [0.4, 0.5) is 11.6 Å². The monoisotopic (exact) mass is 292 g/mol. The Labute approximate surface area is 125 Å². The summed E-state index contributed by atoms with van der Waals surface area (Å²) in [6.07, 6.45) is 1.77. The highest BCUT2D eigenvalue weighted by Crippen LogP contribution is 2.29. The number of hydrazine groups is 1. The number of piperidine rings is 1. The summed E-state index contributed by atoms with van der Waals surface area (Å²) < 4.78 is 0. The minimum atomic E-state index is -0.243. The van der Waals surface area contributed by atoms with Crippen LogP contribution in [0, 0.1) is 12.8 Å². The van der Waals surface area contributed by atoms with Crippen LogP contribution in [0.5, 0.6) is 0 Å². The molecule has 1 amide bonds. The van der Waals surface area contributed by atoms with Gasteiger partial charge in [-0.15, -0.1) is 0 Å². The third-order valence-corrected chi connectivity index (χ3v) is 3.91. The maximum Gasteiger partial charge on any atom is 0.222 e. The Morgan fingerprint density at radius 3 is 2.71 bits per heavy atom. The van der Waals surface area contributed by atoms with Crippen LogP contribution in [-0.4, -0.2) is 29.0 Å². The van der Waals surface area contributed by atoms with Crippen LogP contribution in [0.15, 0.2) is 0 Å². The molecule has 1 atom stereocenters. The highest BCUT2D eigenvalue weighted by molar-refractivity contribution is 5.77. The van der Waals surface area contributed by atoms with Crippen molar-refractivity contribution in [3.63, 3.8) is 0 Å². The van der Waals surface area contributed by atoms with E-state index in [1.807, 2.05) is 20.8 Å². The molecule has 1 unspecified atom stereocenters. The maximum absolute atomic E-state index is 11.4. The molecule has 2 heterocycles. The normalized spacial score (nSPS) is 18.9. The van der Waals surface area contributed by atoms with Crippen molar-refractivity contribution in [2.75, 3.05) is 23.4 Å². The summed E-state index contributed by atoms with van der Waals surface area (Å²) in [6.45, 7) is 7.48. The van der Waals surface area contributed by atoms with E-state index in [9.17, 15) is 4.79 Å². The Morgan fingerprint density at radius 1 is 1.43 bits per heavy atom. The second-order valence-electron chi connectivity index (χ2n) is 5.87. The lowest BCUT2D eigenvalue weighted by atomic mass is 9.97. The van der Waals surface area contributed by atoms with E-state index in [2.05, 4.69) is 20.3 Å². The van der Waals surface area contributed by atoms with Gasteiger partial charge < -0.3 is 16.1 Å². The summed E-state index contributed by atoms with van der Waals surface area (Å²) in [6, 6.07) is 0. The van der Waals surface area contributed by atoms with Gasteiger partial charge in [-0.05, 0) is 19.8 Å². The second-order valence-corrected chi connectivity index (χ2v) is 5.87. The molecule has 0 bridgehead atoms. The van der Waals surface area contributed by atoms with Crippen molar-refractivity contribution < 1.29 is 4.79 Å². The number of hydrogen-bond acceptors (Lipinski definition) is 6. The molecular weight excluding hydrogens is 268 g/mol. The number of aromatic nitrogens is 2. The molecule has 7 nitrogen and oxygen atoms in total. The third-order valence-electron chi connectivity index (χ3n) is 3.91. The van der Waals surface area contributed by atoms with Crippen molar-refractivity contribution in [3.8, 4) is 0 Å². The average Bonchev–Trinajstić information content (AvgIpc) is 2.47. The fourth-order valence-electron chi connectivity index (χ4n) is 2.63. The van der Waals surface area contributed by atoms with Gasteiger partial charge in [-0.3, -0.25) is 4.79 Å². The van der Waals surface area contributed by atoms with Crippen molar-refractivity contribution in [1.29, 1.82) is 0 Å². The molecule has 0 aliphatic carbocycles. The molecule has 0 spiro atoms. The van der Waals surface area contributed by atoms with E-state index in [1.165, 1.54) is 0 Å². The van der Waals surface area contributed by atoms with Gasteiger partial charge in [0.15, 0.2) is 0 Å². The summed E-state index contributed by atoms with van der Waals surface area (Å²) in [5.74, 6) is 7.61. The molecule has 116 valence electrons. The molecule has 1 aromatic rings. The van der Waals surface area contributed by atoms with Gasteiger partial charge in [0.1, 0.15) is 17.5 Å². The number of hydrogen-bond donors (Lipinski definition) is 3. The summed E-state index contributed by atoms with van der Waals surface area (Å²) in [7, 11) is 0. The first-order chi connectivity index (χ1) is 9.93. The molecule has 21 heavy (non-hydrogen) atoms. The molecule has 1 aliphatic rings. The first-order valence-corrected chi connectivity index (χ1v) is 7.33. The second kappa shape index (κ2) is 6.26. The lowest BCUT2D eigenvalue weighted by molar-refractivity contribution is -0.122. The van der Waals surface area contributed by atoms with Crippen molar-refractivity contribution in [2.24, 2.45) is 17.5 Å². The highest BCUT2D eigenvalue weighted by atomic mass is 16.1. The van der Waals surface area contributed by atoms with Gasteiger partial charge in [0.2, 0.25) is 5.91 Å². The highest BCUT2D eigenvalue weighted by Gasteiger charge is 2.27. The lowest BCUT2D eigenvalue weighted by Gasteiger charge is -2.33. The van der Waals surface area contributed by atoms with E-state index >= 15 is 0 Å². The molecule has 1 saturated heterocycles. The molecule has 7 heteroatoms. The Hall–Kier alpha value is -1.89. The van der Waals surface area contributed by atoms with Gasteiger partial charge in [0, 0.05) is 24.6 Å². The van der Waals surface area contributed by atoms with Crippen LogP contribution < -0.4 is 21.9 Å². The minimum Gasteiger partial charge on any atom is -0.369 e. The number of anilines is 2. The number of nitrogens with zero attached hydrogens (tertiary/aromatic N) is 3. The first-order valence-electron chi connectivity index (χ1n) is 7.33. The summed E-state index contributed by atoms with van der Waals surface area (Å²) >= 11 is 0. The average molecular weight is 292 g/mol. The minimum absolute atomic E-state index is 0.120. The van der Waals surface area contributed by atoms with Crippen LogP contribution >= 0.6 is 0 Å². The van der Waals surface area contributed by atoms with E-state index in [0.29, 0.717) is 12.4 Å². The standard InChI is InChI=1S/C14H24N6O/c1-8(2)12-17-13(19-16)9(3)14(18-12)20-6-4-5-10(7-20)11(15)21/h8,10H,4-7,16H2,1-3H3,(H2,15,21)(H,17,18,19). The van der Waals surface area contributed by atoms with Crippen molar-refractivity contribution in [3.05, 3.63) is 11.4 Å². The largest absolute Gasteiger partial charge is 0.369 e. The van der Waals surface area contributed by atoms with E-state index in [1.54, 1.807) is 0 Å². The number of carbonyl (C=O) groups excluding carboxylic acids is 1. The number of carbonyl (C=O) groups is 1. The van der Waals surface area contributed by atoms with Gasteiger partial charge in [-0.1, -0.05) is 13.8 Å². The van der Waals surface area contributed by atoms with Crippen molar-refractivity contribution in [2.45, 2.75) is 39.5 Å². The number of nitrogens with one attached hydrogen (secondary N) is 1. The molecule has 1 fully saturated rings. The summed E-state index contributed by atoms with van der Waals surface area (Å²) in [5.41, 5.74) is 8.98. The van der Waals surface area contributed by atoms with Gasteiger partial charge in [0.05, 0.1) is 5.92 Å². The van der Waals surface area contributed by atoms with Crippen LogP contribution in [0.2, 0.25) is 0 Å². The number of nitrogen functional groups attached to an aromatic ring is 1. The Bertz CT molecular complexity index is 530. The smallest absolute Gasteiger partial charge is 0.222 e. The number of rotatable bonds is 4. The number of nitrogens with two attached hydrogens (primary N) is 2. The van der Waals surface area contributed by atoms with Gasteiger partial charge in [0.25, 0.3) is 0 Å².